The monoisotopic (exact) mass is 394 g/mol. The third kappa shape index (κ3) is 6.10. The van der Waals surface area contributed by atoms with Crippen molar-refractivity contribution in [3.05, 3.63) is 143 Å². The van der Waals surface area contributed by atoms with Crippen molar-refractivity contribution in [1.29, 1.82) is 0 Å². The summed E-state index contributed by atoms with van der Waals surface area (Å²) in [5, 5.41) is 0. The maximum atomic E-state index is 2.27. The molecule has 0 N–H and O–H groups in total. The first kappa shape index (κ1) is 19.5. The van der Waals surface area contributed by atoms with Gasteiger partial charge in [-0.15, -0.1) is 0 Å². The Hall–Kier alpha value is -2.77. The van der Waals surface area contributed by atoms with Crippen LogP contribution in [-0.2, 0) is 24.3 Å². The average molecular weight is 395 g/mol. The lowest BCUT2D eigenvalue weighted by atomic mass is 10.0. The largest absolute Gasteiger partial charge is 0.152 e. The van der Waals surface area contributed by atoms with Crippen molar-refractivity contribution >= 4 is 11.8 Å². The summed E-state index contributed by atoms with van der Waals surface area (Å²) in [6, 6.07) is 39.5. The van der Waals surface area contributed by atoms with Crippen molar-refractivity contribution in [2.24, 2.45) is 0 Å². The highest BCUT2D eigenvalue weighted by atomic mass is 32.2. The molecule has 0 nitrogen and oxygen atoms in total. The van der Waals surface area contributed by atoms with Gasteiger partial charge in [-0.2, -0.15) is 11.8 Å². The molecule has 0 spiro atoms. The smallest absolute Gasteiger partial charge is 0.0187 e. The molecule has 144 valence electrons. The van der Waals surface area contributed by atoms with E-state index < -0.39 is 0 Å². The molecule has 4 rings (SSSR count). The van der Waals surface area contributed by atoms with Crippen LogP contribution in [0.1, 0.15) is 33.4 Å². The highest BCUT2D eigenvalue weighted by molar-refractivity contribution is 7.97. The van der Waals surface area contributed by atoms with Crippen molar-refractivity contribution < 1.29 is 0 Å². The van der Waals surface area contributed by atoms with E-state index in [4.69, 9.17) is 0 Å². The summed E-state index contributed by atoms with van der Waals surface area (Å²) in [6.45, 7) is 0. The number of thioether (sulfide) groups is 1. The highest BCUT2D eigenvalue weighted by Crippen LogP contribution is 2.20. The summed E-state index contributed by atoms with van der Waals surface area (Å²) in [6.07, 6.45) is 2.01. The van der Waals surface area contributed by atoms with Crippen molar-refractivity contribution in [2.45, 2.75) is 24.3 Å². The maximum Gasteiger partial charge on any atom is 0.0187 e. The molecule has 0 atom stereocenters. The van der Waals surface area contributed by atoms with Crippen molar-refractivity contribution in [1.82, 2.24) is 0 Å². The first-order chi connectivity index (χ1) is 14.3. The van der Waals surface area contributed by atoms with Gasteiger partial charge in [0.15, 0.2) is 0 Å². The lowest BCUT2D eigenvalue weighted by Gasteiger charge is -2.07. The molecule has 0 unspecified atom stereocenters. The zero-order valence-electron chi connectivity index (χ0n) is 16.6. The van der Waals surface area contributed by atoms with Gasteiger partial charge in [0.1, 0.15) is 0 Å². The maximum absolute atomic E-state index is 2.27. The van der Waals surface area contributed by atoms with Gasteiger partial charge in [0.05, 0.1) is 0 Å². The highest BCUT2D eigenvalue weighted by Gasteiger charge is 2.00. The fraction of sp³-hybridized carbons (Fsp3) is 0.143. The van der Waals surface area contributed by atoms with E-state index in [1.54, 1.807) is 0 Å². The molecule has 0 bridgehead atoms. The van der Waals surface area contributed by atoms with Crippen molar-refractivity contribution in [3.8, 4) is 0 Å². The van der Waals surface area contributed by atoms with Crippen LogP contribution in [0.15, 0.2) is 109 Å². The van der Waals surface area contributed by atoms with Gasteiger partial charge in [0.25, 0.3) is 0 Å². The van der Waals surface area contributed by atoms with Gasteiger partial charge in [0, 0.05) is 11.5 Å². The van der Waals surface area contributed by atoms with Gasteiger partial charge in [0.2, 0.25) is 0 Å². The van der Waals surface area contributed by atoms with E-state index in [1.165, 1.54) is 33.4 Å². The Balaban J connectivity index is 1.24. The molecule has 0 amide bonds. The van der Waals surface area contributed by atoms with E-state index in [-0.39, 0.29) is 0 Å². The molecule has 0 saturated heterocycles. The predicted molar refractivity (Wildman–Crippen MR) is 126 cm³/mol. The summed E-state index contributed by atoms with van der Waals surface area (Å²) in [4.78, 5) is 0. The Morgan fingerprint density at radius 3 is 1.03 bits per heavy atom. The lowest BCUT2D eigenvalue weighted by molar-refractivity contribution is 1.18. The Bertz CT molecular complexity index is 903. The van der Waals surface area contributed by atoms with E-state index in [2.05, 4.69) is 109 Å². The molecule has 0 aromatic heterocycles. The lowest BCUT2D eigenvalue weighted by Crippen LogP contribution is -1.90. The molecule has 1 heteroatoms. The van der Waals surface area contributed by atoms with Crippen LogP contribution in [0.25, 0.3) is 0 Å². The van der Waals surface area contributed by atoms with Crippen LogP contribution in [0.5, 0.6) is 0 Å². The molecule has 0 aliphatic heterocycles. The molecule has 0 saturated carbocycles. The average Bonchev–Trinajstić information content (AvgIpc) is 2.78. The molecule has 29 heavy (non-hydrogen) atoms. The quantitative estimate of drug-likeness (QED) is 0.302. The molecule has 0 aliphatic carbocycles. The van der Waals surface area contributed by atoms with Crippen LogP contribution in [0.3, 0.4) is 0 Å². The number of hydrogen-bond donors (Lipinski definition) is 0. The van der Waals surface area contributed by atoms with Gasteiger partial charge in [-0.3, -0.25) is 0 Å². The van der Waals surface area contributed by atoms with Gasteiger partial charge < -0.3 is 0 Å². The Labute approximate surface area is 178 Å². The molecule has 0 radical (unpaired) electrons. The van der Waals surface area contributed by atoms with Crippen LogP contribution >= 0.6 is 11.8 Å². The second-order valence-electron chi connectivity index (χ2n) is 7.45. The summed E-state index contributed by atoms with van der Waals surface area (Å²) in [7, 11) is 0. The van der Waals surface area contributed by atoms with Crippen LogP contribution in [-0.4, -0.2) is 0 Å². The fourth-order valence-electron chi connectivity index (χ4n) is 3.46. The zero-order valence-corrected chi connectivity index (χ0v) is 17.4. The molecular formula is C28H26S. The molecule has 0 aliphatic rings. The second-order valence-corrected chi connectivity index (χ2v) is 8.44. The summed E-state index contributed by atoms with van der Waals surface area (Å²) in [5.74, 6) is 2.11. The molecule has 4 aromatic rings. The minimum Gasteiger partial charge on any atom is -0.152 e. The van der Waals surface area contributed by atoms with Gasteiger partial charge in [-0.05, 0) is 46.2 Å². The summed E-state index contributed by atoms with van der Waals surface area (Å²) >= 11 is 1.98. The van der Waals surface area contributed by atoms with Crippen LogP contribution in [0.4, 0.5) is 0 Å². The standard InChI is InChI=1S/C28H26S/c1-3-7-23(8-4-1)19-25-11-15-27(16-12-25)21-29-22-28-17-13-26(14-18-28)20-24-9-5-2-6-10-24/h1-18H,19-22H2. The van der Waals surface area contributed by atoms with Crippen LogP contribution in [0.2, 0.25) is 0 Å². The molecule has 0 heterocycles. The Morgan fingerprint density at radius 1 is 0.345 bits per heavy atom. The third-order valence-corrected chi connectivity index (χ3v) is 6.16. The van der Waals surface area contributed by atoms with Gasteiger partial charge in [-0.1, -0.05) is 109 Å². The summed E-state index contributed by atoms with van der Waals surface area (Å²) in [5.41, 5.74) is 8.27. The van der Waals surface area contributed by atoms with Crippen molar-refractivity contribution in [3.63, 3.8) is 0 Å². The molecule has 0 fully saturated rings. The second kappa shape index (κ2) is 10.1. The van der Waals surface area contributed by atoms with Crippen molar-refractivity contribution in [2.75, 3.05) is 0 Å². The van der Waals surface area contributed by atoms with E-state index in [0.29, 0.717) is 0 Å². The van der Waals surface area contributed by atoms with Crippen LogP contribution < -0.4 is 0 Å². The number of benzene rings is 4. The topological polar surface area (TPSA) is 0 Å². The van der Waals surface area contributed by atoms with E-state index >= 15 is 0 Å². The SMILES string of the molecule is c1ccc(Cc2ccc(CSCc3ccc(Cc4ccccc4)cc3)cc2)cc1. The normalized spacial score (nSPS) is 10.8. The summed E-state index contributed by atoms with van der Waals surface area (Å²) < 4.78 is 0. The van der Waals surface area contributed by atoms with E-state index in [0.717, 1.165) is 24.3 Å². The minimum absolute atomic E-state index is 1.00. The zero-order chi connectivity index (χ0) is 19.7. The first-order valence-corrected chi connectivity index (χ1v) is 11.3. The fourth-order valence-corrected chi connectivity index (χ4v) is 4.41. The van der Waals surface area contributed by atoms with Gasteiger partial charge >= 0.3 is 0 Å². The third-order valence-electron chi connectivity index (χ3n) is 5.09. The number of rotatable bonds is 8. The molecular weight excluding hydrogens is 368 g/mol. The van der Waals surface area contributed by atoms with E-state index in [9.17, 15) is 0 Å². The van der Waals surface area contributed by atoms with E-state index in [1.807, 2.05) is 11.8 Å². The first-order valence-electron chi connectivity index (χ1n) is 10.2. The van der Waals surface area contributed by atoms with Crippen LogP contribution in [0, 0.1) is 0 Å². The number of hydrogen-bond acceptors (Lipinski definition) is 1. The molecule has 4 aromatic carbocycles. The van der Waals surface area contributed by atoms with Gasteiger partial charge in [-0.25, -0.2) is 0 Å². The predicted octanol–water partition coefficient (Wildman–Crippen LogP) is 7.30. The minimum atomic E-state index is 1.00. The Morgan fingerprint density at radius 2 is 0.655 bits per heavy atom. The Kier molecular flexibility index (Phi) is 6.83.